The number of aromatic nitrogens is 2. The molecule has 0 spiro atoms. The maximum Gasteiger partial charge on any atom is 0.0638 e. The van der Waals surface area contributed by atoms with Gasteiger partial charge in [-0.25, -0.2) is 0 Å². The lowest BCUT2D eigenvalue weighted by Gasteiger charge is -2.05. The molecule has 3 heteroatoms. The first-order valence-corrected chi connectivity index (χ1v) is 6.37. The van der Waals surface area contributed by atoms with Gasteiger partial charge in [0.05, 0.1) is 5.69 Å². The molecule has 1 aromatic rings. The quantitative estimate of drug-likeness (QED) is 0.720. The Morgan fingerprint density at radius 3 is 2.81 bits per heavy atom. The summed E-state index contributed by atoms with van der Waals surface area (Å²) in [6.07, 6.45) is 4.55. The molecule has 0 saturated carbocycles. The summed E-state index contributed by atoms with van der Waals surface area (Å²) in [5.41, 5.74) is 2.49. The van der Waals surface area contributed by atoms with Gasteiger partial charge in [0.2, 0.25) is 0 Å². The van der Waals surface area contributed by atoms with Gasteiger partial charge in [-0.3, -0.25) is 4.68 Å². The standard InChI is InChI=1S/C13H25N3/c1-5-8-16-10-13(12(4)15-16)9-14-7-6-11(2)3/h10-11,14H,5-9H2,1-4H3. The van der Waals surface area contributed by atoms with Gasteiger partial charge in [-0.05, 0) is 32.2 Å². The van der Waals surface area contributed by atoms with E-state index < -0.39 is 0 Å². The van der Waals surface area contributed by atoms with Crippen LogP contribution >= 0.6 is 0 Å². The van der Waals surface area contributed by atoms with Crippen LogP contribution in [0.2, 0.25) is 0 Å². The molecule has 0 aliphatic carbocycles. The van der Waals surface area contributed by atoms with Crippen molar-refractivity contribution in [2.75, 3.05) is 6.54 Å². The Bertz CT molecular complexity index is 302. The van der Waals surface area contributed by atoms with Crippen molar-refractivity contribution >= 4 is 0 Å². The molecule has 1 heterocycles. The van der Waals surface area contributed by atoms with Crippen LogP contribution in [0.5, 0.6) is 0 Å². The Balaban J connectivity index is 2.35. The molecule has 1 aromatic heterocycles. The molecule has 16 heavy (non-hydrogen) atoms. The van der Waals surface area contributed by atoms with Gasteiger partial charge in [0.1, 0.15) is 0 Å². The van der Waals surface area contributed by atoms with E-state index in [1.165, 1.54) is 12.0 Å². The minimum Gasteiger partial charge on any atom is -0.313 e. The number of hydrogen-bond acceptors (Lipinski definition) is 2. The lowest BCUT2D eigenvalue weighted by atomic mass is 10.1. The van der Waals surface area contributed by atoms with Crippen LogP contribution in [0.25, 0.3) is 0 Å². The third-order valence-corrected chi connectivity index (χ3v) is 2.71. The normalized spacial score (nSPS) is 11.3. The van der Waals surface area contributed by atoms with Crippen molar-refractivity contribution in [1.29, 1.82) is 0 Å². The highest BCUT2D eigenvalue weighted by molar-refractivity contribution is 5.14. The molecule has 0 saturated heterocycles. The Morgan fingerprint density at radius 1 is 1.44 bits per heavy atom. The summed E-state index contributed by atoms with van der Waals surface area (Å²) in [7, 11) is 0. The van der Waals surface area contributed by atoms with Gasteiger partial charge in [0.25, 0.3) is 0 Å². The predicted octanol–water partition coefficient (Wildman–Crippen LogP) is 2.74. The molecule has 0 aliphatic heterocycles. The molecule has 92 valence electrons. The molecule has 0 unspecified atom stereocenters. The van der Waals surface area contributed by atoms with Crippen LogP contribution in [0, 0.1) is 12.8 Å². The third-order valence-electron chi connectivity index (χ3n) is 2.71. The Labute approximate surface area is 99.2 Å². The van der Waals surface area contributed by atoms with E-state index in [-0.39, 0.29) is 0 Å². The van der Waals surface area contributed by atoms with Gasteiger partial charge < -0.3 is 5.32 Å². The van der Waals surface area contributed by atoms with Crippen LogP contribution in [-0.2, 0) is 13.1 Å². The van der Waals surface area contributed by atoms with E-state index in [1.807, 2.05) is 0 Å². The van der Waals surface area contributed by atoms with Crippen LogP contribution in [0.4, 0.5) is 0 Å². The molecule has 0 amide bonds. The number of hydrogen-bond donors (Lipinski definition) is 1. The second-order valence-electron chi connectivity index (χ2n) is 4.86. The fraction of sp³-hybridized carbons (Fsp3) is 0.769. The van der Waals surface area contributed by atoms with E-state index in [0.717, 1.165) is 37.7 Å². The summed E-state index contributed by atoms with van der Waals surface area (Å²) >= 11 is 0. The maximum absolute atomic E-state index is 4.49. The van der Waals surface area contributed by atoms with Crippen LogP contribution in [0.15, 0.2) is 6.20 Å². The highest BCUT2D eigenvalue weighted by Crippen LogP contribution is 2.06. The van der Waals surface area contributed by atoms with E-state index >= 15 is 0 Å². The van der Waals surface area contributed by atoms with Crippen LogP contribution in [0.3, 0.4) is 0 Å². The van der Waals surface area contributed by atoms with Gasteiger partial charge in [-0.15, -0.1) is 0 Å². The first-order valence-electron chi connectivity index (χ1n) is 6.37. The van der Waals surface area contributed by atoms with Crippen LogP contribution in [-0.4, -0.2) is 16.3 Å². The zero-order valence-corrected chi connectivity index (χ0v) is 11.1. The Kier molecular flexibility index (Phi) is 5.53. The molecule has 0 aliphatic rings. The SMILES string of the molecule is CCCn1cc(CNCCC(C)C)c(C)n1. The summed E-state index contributed by atoms with van der Waals surface area (Å²) in [5.74, 6) is 0.774. The fourth-order valence-electron chi connectivity index (χ4n) is 1.69. The number of nitrogens with one attached hydrogen (secondary N) is 1. The summed E-state index contributed by atoms with van der Waals surface area (Å²) < 4.78 is 2.05. The van der Waals surface area contributed by atoms with Crippen molar-refractivity contribution in [3.8, 4) is 0 Å². The zero-order chi connectivity index (χ0) is 12.0. The smallest absolute Gasteiger partial charge is 0.0638 e. The zero-order valence-electron chi connectivity index (χ0n) is 11.1. The molecular weight excluding hydrogens is 198 g/mol. The topological polar surface area (TPSA) is 29.9 Å². The highest BCUT2D eigenvalue weighted by atomic mass is 15.3. The van der Waals surface area contributed by atoms with Crippen LogP contribution < -0.4 is 5.32 Å². The predicted molar refractivity (Wildman–Crippen MR) is 68.4 cm³/mol. The molecular formula is C13H25N3. The second-order valence-corrected chi connectivity index (χ2v) is 4.86. The van der Waals surface area contributed by atoms with Crippen molar-refractivity contribution in [2.24, 2.45) is 5.92 Å². The minimum atomic E-state index is 0.774. The Morgan fingerprint density at radius 2 is 2.19 bits per heavy atom. The minimum absolute atomic E-state index is 0.774. The van der Waals surface area contributed by atoms with Crippen molar-refractivity contribution in [3.63, 3.8) is 0 Å². The van der Waals surface area contributed by atoms with Crippen molar-refractivity contribution in [3.05, 3.63) is 17.5 Å². The second kappa shape index (κ2) is 6.69. The average Bonchev–Trinajstić information content (AvgIpc) is 2.54. The van der Waals surface area contributed by atoms with Gasteiger partial charge in [-0.2, -0.15) is 5.10 Å². The summed E-state index contributed by atoms with van der Waals surface area (Å²) in [4.78, 5) is 0. The molecule has 0 bridgehead atoms. The van der Waals surface area contributed by atoms with Gasteiger partial charge in [0, 0.05) is 24.8 Å². The average molecular weight is 223 g/mol. The van der Waals surface area contributed by atoms with Gasteiger partial charge in [-0.1, -0.05) is 20.8 Å². The summed E-state index contributed by atoms with van der Waals surface area (Å²) in [6, 6.07) is 0. The number of nitrogens with zero attached hydrogens (tertiary/aromatic N) is 2. The summed E-state index contributed by atoms with van der Waals surface area (Å²) in [6.45, 7) is 11.8. The highest BCUT2D eigenvalue weighted by Gasteiger charge is 2.03. The van der Waals surface area contributed by atoms with E-state index in [1.54, 1.807) is 0 Å². The summed E-state index contributed by atoms with van der Waals surface area (Å²) in [5, 5.41) is 7.97. The lowest BCUT2D eigenvalue weighted by molar-refractivity contribution is 0.537. The number of aryl methyl sites for hydroxylation is 2. The first kappa shape index (κ1) is 13.2. The lowest BCUT2D eigenvalue weighted by Crippen LogP contribution is -2.16. The monoisotopic (exact) mass is 223 g/mol. The van der Waals surface area contributed by atoms with Crippen molar-refractivity contribution < 1.29 is 0 Å². The van der Waals surface area contributed by atoms with E-state index in [0.29, 0.717) is 0 Å². The molecule has 3 nitrogen and oxygen atoms in total. The van der Waals surface area contributed by atoms with Crippen molar-refractivity contribution in [2.45, 2.75) is 53.6 Å². The fourth-order valence-corrected chi connectivity index (χ4v) is 1.69. The molecule has 0 radical (unpaired) electrons. The first-order chi connectivity index (χ1) is 7.63. The Hall–Kier alpha value is -0.830. The maximum atomic E-state index is 4.49. The molecule has 0 atom stereocenters. The van der Waals surface area contributed by atoms with E-state index in [9.17, 15) is 0 Å². The molecule has 0 aromatic carbocycles. The molecule has 0 fully saturated rings. The molecule has 1 N–H and O–H groups in total. The van der Waals surface area contributed by atoms with Crippen molar-refractivity contribution in [1.82, 2.24) is 15.1 Å². The van der Waals surface area contributed by atoms with E-state index in [4.69, 9.17) is 0 Å². The largest absolute Gasteiger partial charge is 0.313 e. The van der Waals surface area contributed by atoms with E-state index in [2.05, 4.69) is 49.0 Å². The third kappa shape index (κ3) is 4.35. The van der Waals surface area contributed by atoms with Crippen LogP contribution in [0.1, 0.15) is 44.9 Å². The number of rotatable bonds is 7. The molecule has 1 rings (SSSR count). The van der Waals surface area contributed by atoms with Gasteiger partial charge >= 0.3 is 0 Å². The van der Waals surface area contributed by atoms with Gasteiger partial charge in [0.15, 0.2) is 0 Å².